The number of aliphatic hydroxyl groups is 1. The maximum Gasteiger partial charge on any atom is 0.416 e. The van der Waals surface area contributed by atoms with E-state index in [1.807, 2.05) is 32.0 Å². The van der Waals surface area contributed by atoms with E-state index in [2.05, 4.69) is 10.3 Å². The number of anilines is 2. The summed E-state index contributed by atoms with van der Waals surface area (Å²) < 4.78 is 50.3. The summed E-state index contributed by atoms with van der Waals surface area (Å²) in [5.74, 6) is -0.241. The first kappa shape index (κ1) is 30.2. The lowest BCUT2D eigenvalue weighted by molar-refractivity contribution is -0.137. The maximum absolute atomic E-state index is 13.1. The van der Waals surface area contributed by atoms with Gasteiger partial charge in [0.05, 0.1) is 16.4 Å². The van der Waals surface area contributed by atoms with E-state index < -0.39 is 22.5 Å². The molecule has 202 valence electrons. The van der Waals surface area contributed by atoms with Crippen LogP contribution in [0.1, 0.15) is 44.4 Å². The lowest BCUT2D eigenvalue weighted by Crippen LogP contribution is -2.37. The number of carbonyl (C=O) groups excluding carboxylic acids is 1. The quantitative estimate of drug-likeness (QED) is 0.293. The van der Waals surface area contributed by atoms with Crippen LogP contribution in [-0.2, 0) is 34.7 Å². The van der Waals surface area contributed by atoms with E-state index in [0.717, 1.165) is 28.9 Å². The van der Waals surface area contributed by atoms with Gasteiger partial charge in [-0.2, -0.15) is 13.2 Å². The SMILES string of the molecule is C/C=C(\N=C(C(C)C)S(C)=O)C(=O)N1CCc2cc(Nc3ccc(C(F)(F)F)cc3)ccc2C1.CCO. The molecule has 0 saturated carbocycles. The molecule has 0 aliphatic carbocycles. The number of carbonyl (C=O) groups is 1. The smallest absolute Gasteiger partial charge is 0.397 e. The van der Waals surface area contributed by atoms with Crippen molar-refractivity contribution >= 4 is 33.1 Å². The molecule has 6 nitrogen and oxygen atoms in total. The number of benzene rings is 2. The van der Waals surface area contributed by atoms with Crippen LogP contribution in [0.2, 0.25) is 0 Å². The number of nitrogens with one attached hydrogen (secondary N) is 1. The van der Waals surface area contributed by atoms with Crippen LogP contribution in [0.15, 0.2) is 59.2 Å². The topological polar surface area (TPSA) is 82.0 Å². The van der Waals surface area contributed by atoms with Crippen molar-refractivity contribution in [1.29, 1.82) is 0 Å². The molecule has 1 unspecified atom stereocenters. The molecule has 2 aromatic rings. The number of nitrogens with zero attached hydrogens (tertiary/aromatic N) is 2. The van der Waals surface area contributed by atoms with E-state index >= 15 is 0 Å². The Kier molecular flexibility index (Phi) is 11.1. The van der Waals surface area contributed by atoms with E-state index in [1.165, 1.54) is 12.1 Å². The predicted molar refractivity (Wildman–Crippen MR) is 143 cm³/mol. The van der Waals surface area contributed by atoms with Crippen LogP contribution in [-0.4, -0.2) is 44.6 Å². The van der Waals surface area contributed by atoms with Gasteiger partial charge in [-0.25, -0.2) is 4.99 Å². The summed E-state index contributed by atoms with van der Waals surface area (Å²) >= 11 is 0. The van der Waals surface area contributed by atoms with Crippen LogP contribution in [0.4, 0.5) is 24.5 Å². The zero-order valence-corrected chi connectivity index (χ0v) is 22.5. The molecule has 2 aromatic carbocycles. The van der Waals surface area contributed by atoms with Crippen molar-refractivity contribution in [3.8, 4) is 0 Å². The monoisotopic (exact) mass is 537 g/mol. The summed E-state index contributed by atoms with van der Waals surface area (Å²) in [6.45, 7) is 8.39. The Hall–Kier alpha value is -2.98. The Morgan fingerprint density at radius 3 is 2.27 bits per heavy atom. The highest BCUT2D eigenvalue weighted by molar-refractivity contribution is 8.00. The van der Waals surface area contributed by atoms with E-state index in [-0.39, 0.29) is 24.1 Å². The Balaban J connectivity index is 0.00000153. The van der Waals surface area contributed by atoms with Gasteiger partial charge in [-0.15, -0.1) is 0 Å². The number of aliphatic hydroxyl groups excluding tert-OH is 1. The Morgan fingerprint density at radius 1 is 1.16 bits per heavy atom. The van der Waals surface area contributed by atoms with Crippen LogP contribution in [0.5, 0.6) is 0 Å². The molecule has 1 atom stereocenters. The predicted octanol–water partition coefficient (Wildman–Crippen LogP) is 5.67. The second kappa shape index (κ2) is 13.5. The molecule has 10 heteroatoms. The van der Waals surface area contributed by atoms with Crippen LogP contribution in [0.3, 0.4) is 0 Å². The summed E-state index contributed by atoms with van der Waals surface area (Å²) in [6.07, 6.45) is -0.523. The average molecular weight is 538 g/mol. The molecular weight excluding hydrogens is 503 g/mol. The van der Waals surface area contributed by atoms with Crippen molar-refractivity contribution in [2.24, 2.45) is 10.9 Å². The highest BCUT2D eigenvalue weighted by atomic mass is 32.2. The second-order valence-electron chi connectivity index (χ2n) is 8.71. The summed E-state index contributed by atoms with van der Waals surface area (Å²) in [5, 5.41) is 11.2. The van der Waals surface area contributed by atoms with Crippen LogP contribution >= 0.6 is 0 Å². The third-order valence-electron chi connectivity index (χ3n) is 5.52. The van der Waals surface area contributed by atoms with Gasteiger partial charge in [-0.05, 0) is 67.8 Å². The lowest BCUT2D eigenvalue weighted by Gasteiger charge is -2.29. The molecule has 0 saturated heterocycles. The number of aliphatic imine (C=N–C) groups is 1. The van der Waals surface area contributed by atoms with Crippen molar-refractivity contribution in [1.82, 2.24) is 4.90 Å². The van der Waals surface area contributed by atoms with Gasteiger partial charge >= 0.3 is 6.18 Å². The molecule has 0 radical (unpaired) electrons. The number of allylic oxidation sites excluding steroid dienone is 1. The molecule has 2 N–H and O–H groups in total. The van der Waals surface area contributed by atoms with E-state index in [1.54, 1.807) is 31.1 Å². The van der Waals surface area contributed by atoms with Gasteiger partial charge in [0.2, 0.25) is 0 Å². The van der Waals surface area contributed by atoms with Crippen LogP contribution in [0.25, 0.3) is 0 Å². The highest BCUT2D eigenvalue weighted by Gasteiger charge is 2.30. The largest absolute Gasteiger partial charge is 0.416 e. The van der Waals surface area contributed by atoms with Gasteiger partial charge in [-0.1, -0.05) is 26.0 Å². The molecular formula is C27H34F3N3O3S. The summed E-state index contributed by atoms with van der Waals surface area (Å²) in [4.78, 5) is 19.2. The number of alkyl halides is 3. The molecule has 0 aromatic heterocycles. The first-order valence-electron chi connectivity index (χ1n) is 12.0. The molecule has 1 aliphatic heterocycles. The van der Waals surface area contributed by atoms with E-state index in [4.69, 9.17) is 5.11 Å². The van der Waals surface area contributed by atoms with Gasteiger partial charge in [0.25, 0.3) is 5.91 Å². The lowest BCUT2D eigenvalue weighted by atomic mass is 9.98. The van der Waals surface area contributed by atoms with Crippen molar-refractivity contribution in [2.75, 3.05) is 24.7 Å². The summed E-state index contributed by atoms with van der Waals surface area (Å²) in [5.41, 5.74) is 2.99. The van der Waals surface area contributed by atoms with Gasteiger partial charge in [0.1, 0.15) is 10.7 Å². The average Bonchev–Trinajstić information content (AvgIpc) is 2.84. The normalized spacial score (nSPS) is 15.0. The fourth-order valence-corrected chi connectivity index (χ4v) is 4.65. The molecule has 1 aliphatic rings. The number of fused-ring (bicyclic) bond motifs is 1. The van der Waals surface area contributed by atoms with Gasteiger partial charge < -0.3 is 15.3 Å². The zero-order valence-electron chi connectivity index (χ0n) is 21.7. The third-order valence-corrected chi connectivity index (χ3v) is 6.67. The van der Waals surface area contributed by atoms with Gasteiger partial charge in [0, 0.05) is 43.2 Å². The molecule has 3 rings (SSSR count). The van der Waals surface area contributed by atoms with Crippen molar-refractivity contribution in [3.63, 3.8) is 0 Å². The van der Waals surface area contributed by atoms with Gasteiger partial charge in [-0.3, -0.25) is 9.00 Å². The molecule has 37 heavy (non-hydrogen) atoms. The number of rotatable bonds is 5. The molecule has 1 heterocycles. The van der Waals surface area contributed by atoms with Crippen LogP contribution < -0.4 is 5.32 Å². The highest BCUT2D eigenvalue weighted by Crippen LogP contribution is 2.31. The van der Waals surface area contributed by atoms with E-state index in [0.29, 0.717) is 30.2 Å². The molecule has 0 bridgehead atoms. The Bertz CT molecular complexity index is 1160. The minimum Gasteiger partial charge on any atom is -0.397 e. The van der Waals surface area contributed by atoms with Crippen molar-refractivity contribution in [2.45, 2.75) is 46.8 Å². The fraction of sp³-hybridized carbons (Fsp3) is 0.407. The number of hydrogen-bond donors (Lipinski definition) is 2. The van der Waals surface area contributed by atoms with Crippen molar-refractivity contribution < 1.29 is 27.3 Å². The standard InChI is InChI=1S/C25H28F3N3O2S.C2H6O/c1-5-22(30-23(16(2)3)34(4)33)24(32)31-13-12-17-14-21(9-6-18(17)15-31)29-20-10-7-19(8-11-20)25(26,27)28;1-2-3/h5-11,14,16,29H,12-13,15H2,1-4H3;3H,2H2,1H3/b22-5-,30-23?;. The zero-order chi connectivity index (χ0) is 27.8. The number of hydrogen-bond acceptors (Lipinski definition) is 5. The van der Waals surface area contributed by atoms with E-state index in [9.17, 15) is 22.2 Å². The molecule has 0 fully saturated rings. The number of amides is 1. The van der Waals surface area contributed by atoms with Crippen molar-refractivity contribution in [3.05, 3.63) is 70.9 Å². The Morgan fingerprint density at radius 2 is 1.76 bits per heavy atom. The fourth-order valence-electron chi connectivity index (χ4n) is 3.76. The molecule has 0 spiro atoms. The van der Waals surface area contributed by atoms with Gasteiger partial charge in [0.15, 0.2) is 0 Å². The van der Waals surface area contributed by atoms with Crippen LogP contribution in [0, 0.1) is 5.92 Å². The second-order valence-corrected chi connectivity index (χ2v) is 10.0. The first-order chi connectivity index (χ1) is 17.4. The Labute approximate surface area is 218 Å². The number of halogens is 3. The molecule has 1 amide bonds. The first-order valence-corrected chi connectivity index (χ1v) is 13.5. The minimum absolute atomic E-state index is 0.0359. The summed E-state index contributed by atoms with van der Waals surface area (Å²) in [7, 11) is -1.26. The maximum atomic E-state index is 13.1. The summed E-state index contributed by atoms with van der Waals surface area (Å²) in [6, 6.07) is 10.6. The third kappa shape index (κ3) is 8.53. The minimum atomic E-state index is -4.37.